The van der Waals surface area contributed by atoms with Crippen LogP contribution in [0.5, 0.6) is 5.88 Å². The number of fused-ring (bicyclic) bond motifs is 1. The molecule has 3 N–H and O–H groups in total. The Bertz CT molecular complexity index is 397. The van der Waals surface area contributed by atoms with Crippen LogP contribution in [-0.2, 0) is 13.0 Å². The Labute approximate surface area is 74.8 Å². The SMILES string of the molecule is Nc1c(O)nc2n(c1=O)CCCC2. The van der Waals surface area contributed by atoms with Crippen LogP contribution < -0.4 is 11.3 Å². The average molecular weight is 181 g/mol. The molecule has 13 heavy (non-hydrogen) atoms. The molecule has 70 valence electrons. The van der Waals surface area contributed by atoms with Gasteiger partial charge in [0.25, 0.3) is 5.56 Å². The highest BCUT2D eigenvalue weighted by Gasteiger charge is 2.16. The van der Waals surface area contributed by atoms with Crippen molar-refractivity contribution in [1.82, 2.24) is 9.55 Å². The molecule has 0 radical (unpaired) electrons. The van der Waals surface area contributed by atoms with Gasteiger partial charge in [-0.05, 0) is 12.8 Å². The van der Waals surface area contributed by atoms with E-state index in [1.165, 1.54) is 0 Å². The van der Waals surface area contributed by atoms with Gasteiger partial charge in [-0.25, -0.2) is 0 Å². The molecule has 1 aliphatic rings. The third-order valence-electron chi connectivity index (χ3n) is 2.30. The van der Waals surface area contributed by atoms with Crippen LogP contribution in [-0.4, -0.2) is 14.7 Å². The average Bonchev–Trinajstić information content (AvgIpc) is 2.15. The van der Waals surface area contributed by atoms with Crippen LogP contribution in [0.15, 0.2) is 4.79 Å². The Balaban J connectivity index is 2.68. The number of aryl methyl sites for hydroxylation is 1. The summed E-state index contributed by atoms with van der Waals surface area (Å²) in [6.07, 6.45) is 2.72. The van der Waals surface area contributed by atoms with Gasteiger partial charge in [0, 0.05) is 13.0 Å². The Hall–Kier alpha value is -1.52. The zero-order chi connectivity index (χ0) is 9.42. The topological polar surface area (TPSA) is 81.1 Å². The predicted octanol–water partition coefficient (Wildman–Crippen LogP) is -0.133. The predicted molar refractivity (Wildman–Crippen MR) is 47.5 cm³/mol. The Morgan fingerprint density at radius 1 is 1.46 bits per heavy atom. The highest BCUT2D eigenvalue weighted by molar-refractivity contribution is 5.45. The van der Waals surface area contributed by atoms with Crippen molar-refractivity contribution < 1.29 is 5.11 Å². The maximum atomic E-state index is 11.5. The largest absolute Gasteiger partial charge is 0.492 e. The van der Waals surface area contributed by atoms with Crippen LogP contribution in [0, 0.1) is 0 Å². The fourth-order valence-electron chi connectivity index (χ4n) is 1.58. The Kier molecular flexibility index (Phi) is 1.72. The van der Waals surface area contributed by atoms with E-state index in [1.807, 2.05) is 0 Å². The minimum Gasteiger partial charge on any atom is -0.492 e. The van der Waals surface area contributed by atoms with Gasteiger partial charge >= 0.3 is 0 Å². The quantitative estimate of drug-likeness (QED) is 0.584. The summed E-state index contributed by atoms with van der Waals surface area (Å²) in [6.45, 7) is 0.658. The van der Waals surface area contributed by atoms with Crippen LogP contribution in [0.2, 0.25) is 0 Å². The first kappa shape index (κ1) is 8.10. The lowest BCUT2D eigenvalue weighted by atomic mass is 10.1. The van der Waals surface area contributed by atoms with Crippen molar-refractivity contribution in [3.05, 3.63) is 16.2 Å². The van der Waals surface area contributed by atoms with Crippen molar-refractivity contribution in [2.45, 2.75) is 25.8 Å². The Morgan fingerprint density at radius 3 is 3.00 bits per heavy atom. The fourth-order valence-corrected chi connectivity index (χ4v) is 1.58. The van der Waals surface area contributed by atoms with Crippen LogP contribution in [0.25, 0.3) is 0 Å². The summed E-state index contributed by atoms with van der Waals surface area (Å²) in [7, 11) is 0. The van der Waals surface area contributed by atoms with Crippen molar-refractivity contribution in [2.24, 2.45) is 0 Å². The molecule has 0 unspecified atom stereocenters. The van der Waals surface area contributed by atoms with Gasteiger partial charge in [-0.3, -0.25) is 9.36 Å². The molecule has 0 bridgehead atoms. The van der Waals surface area contributed by atoms with E-state index in [2.05, 4.69) is 4.98 Å². The second-order valence-corrected chi connectivity index (χ2v) is 3.18. The zero-order valence-electron chi connectivity index (χ0n) is 7.16. The second-order valence-electron chi connectivity index (χ2n) is 3.18. The summed E-state index contributed by atoms with van der Waals surface area (Å²) in [5.74, 6) is 0.307. The number of rotatable bonds is 0. The lowest BCUT2D eigenvalue weighted by molar-refractivity contribution is 0.428. The van der Waals surface area contributed by atoms with Crippen molar-refractivity contribution in [1.29, 1.82) is 0 Å². The van der Waals surface area contributed by atoms with Crippen molar-refractivity contribution in [2.75, 3.05) is 5.73 Å². The lowest BCUT2D eigenvalue weighted by Gasteiger charge is -2.17. The standard InChI is InChI=1S/C8H11N3O2/c9-6-7(12)10-5-3-1-2-4-11(5)8(6)13/h12H,1-4,9H2. The molecule has 0 saturated carbocycles. The molecule has 1 aromatic heterocycles. The number of hydrogen-bond acceptors (Lipinski definition) is 4. The molecular weight excluding hydrogens is 170 g/mol. The molecule has 0 fully saturated rings. The van der Waals surface area contributed by atoms with Gasteiger partial charge in [-0.15, -0.1) is 0 Å². The zero-order valence-corrected chi connectivity index (χ0v) is 7.16. The number of aromatic nitrogens is 2. The smallest absolute Gasteiger partial charge is 0.280 e. The third kappa shape index (κ3) is 1.16. The summed E-state index contributed by atoms with van der Waals surface area (Å²) in [4.78, 5) is 15.3. The molecule has 1 aromatic rings. The van der Waals surface area contributed by atoms with E-state index in [9.17, 15) is 9.90 Å². The molecule has 2 rings (SSSR count). The van der Waals surface area contributed by atoms with E-state index < -0.39 is 0 Å². The summed E-state index contributed by atoms with van der Waals surface area (Å²) in [5.41, 5.74) is 4.90. The van der Waals surface area contributed by atoms with E-state index >= 15 is 0 Å². The molecule has 0 spiro atoms. The molecule has 0 amide bonds. The number of aromatic hydroxyl groups is 1. The van der Waals surface area contributed by atoms with Crippen molar-refractivity contribution in [3.8, 4) is 5.88 Å². The van der Waals surface area contributed by atoms with Crippen molar-refractivity contribution in [3.63, 3.8) is 0 Å². The molecule has 0 aromatic carbocycles. The van der Waals surface area contributed by atoms with Gasteiger partial charge in [0.1, 0.15) is 5.82 Å². The van der Waals surface area contributed by atoms with Gasteiger partial charge in [0.2, 0.25) is 5.88 Å². The van der Waals surface area contributed by atoms with Gasteiger partial charge in [0.15, 0.2) is 5.69 Å². The van der Waals surface area contributed by atoms with Crippen LogP contribution in [0.4, 0.5) is 5.69 Å². The number of anilines is 1. The van der Waals surface area contributed by atoms with E-state index in [0.717, 1.165) is 19.3 Å². The molecule has 0 aliphatic carbocycles. The number of nitrogens with zero attached hydrogens (tertiary/aromatic N) is 2. The summed E-state index contributed by atoms with van der Waals surface area (Å²) >= 11 is 0. The van der Waals surface area contributed by atoms with Crippen molar-refractivity contribution >= 4 is 5.69 Å². The van der Waals surface area contributed by atoms with Crippen LogP contribution in [0.1, 0.15) is 18.7 Å². The summed E-state index contributed by atoms with van der Waals surface area (Å²) in [5, 5.41) is 9.21. The van der Waals surface area contributed by atoms with Crippen LogP contribution >= 0.6 is 0 Å². The normalized spacial score (nSPS) is 15.4. The maximum Gasteiger partial charge on any atom is 0.280 e. The highest BCUT2D eigenvalue weighted by Crippen LogP contribution is 2.16. The molecule has 0 atom stereocenters. The number of nitrogen functional groups attached to an aromatic ring is 1. The maximum absolute atomic E-state index is 11.5. The Morgan fingerprint density at radius 2 is 2.23 bits per heavy atom. The summed E-state index contributed by atoms with van der Waals surface area (Å²) < 4.78 is 1.54. The molecular formula is C8H11N3O2. The molecule has 0 saturated heterocycles. The molecule has 5 heteroatoms. The minimum atomic E-state index is -0.335. The number of nitrogens with two attached hydrogens (primary N) is 1. The fraction of sp³-hybridized carbons (Fsp3) is 0.500. The lowest BCUT2D eigenvalue weighted by Crippen LogP contribution is -2.29. The molecule has 2 heterocycles. The third-order valence-corrected chi connectivity index (χ3v) is 2.30. The first-order valence-corrected chi connectivity index (χ1v) is 4.28. The van der Waals surface area contributed by atoms with E-state index in [4.69, 9.17) is 5.73 Å². The number of hydrogen-bond donors (Lipinski definition) is 2. The highest BCUT2D eigenvalue weighted by atomic mass is 16.3. The minimum absolute atomic E-state index is 0.148. The van der Waals surface area contributed by atoms with E-state index in [0.29, 0.717) is 12.4 Å². The first-order valence-electron chi connectivity index (χ1n) is 4.28. The van der Waals surface area contributed by atoms with Gasteiger partial charge in [0.05, 0.1) is 0 Å². The van der Waals surface area contributed by atoms with Gasteiger partial charge < -0.3 is 10.8 Å². The van der Waals surface area contributed by atoms with E-state index in [-0.39, 0.29) is 17.1 Å². The van der Waals surface area contributed by atoms with Crippen LogP contribution in [0.3, 0.4) is 0 Å². The monoisotopic (exact) mass is 181 g/mol. The van der Waals surface area contributed by atoms with Gasteiger partial charge in [-0.1, -0.05) is 0 Å². The first-order chi connectivity index (χ1) is 6.20. The second kappa shape index (κ2) is 2.76. The summed E-state index contributed by atoms with van der Waals surface area (Å²) in [6, 6.07) is 0. The van der Waals surface area contributed by atoms with Gasteiger partial charge in [-0.2, -0.15) is 4.98 Å². The molecule has 5 nitrogen and oxygen atoms in total. The molecule has 1 aliphatic heterocycles. The van der Waals surface area contributed by atoms with E-state index in [1.54, 1.807) is 4.57 Å².